The number of piperazine rings is 1. The minimum atomic E-state index is -3.08. The zero-order chi connectivity index (χ0) is 31.4. The summed E-state index contributed by atoms with van der Waals surface area (Å²) in [5, 5.41) is 2.92. The number of para-hydroxylation sites is 1. The van der Waals surface area contributed by atoms with E-state index in [4.69, 9.17) is 0 Å². The number of hydrogen-bond donors (Lipinski definition) is 1. The molecule has 2 aliphatic heterocycles. The SMILES string of the molecule is CN1CCN(CC=C2c3ccccc3N(C(=O)c3ccc(NC(=O)c4ccccc4-c4ccccc4)cc3)CCC2(F)F)CC1.Cl.Cl. The number of amides is 2. The summed E-state index contributed by atoms with van der Waals surface area (Å²) in [5.41, 5.74) is 3.98. The van der Waals surface area contributed by atoms with E-state index in [2.05, 4.69) is 22.2 Å². The first-order valence-corrected chi connectivity index (χ1v) is 15.3. The average Bonchev–Trinajstić information content (AvgIpc) is 3.18. The number of rotatable bonds is 6. The van der Waals surface area contributed by atoms with Gasteiger partial charge in [0.1, 0.15) is 0 Å². The van der Waals surface area contributed by atoms with E-state index in [0.29, 0.717) is 34.6 Å². The molecule has 0 radical (unpaired) electrons. The second-order valence-electron chi connectivity index (χ2n) is 11.6. The van der Waals surface area contributed by atoms with Crippen molar-refractivity contribution in [2.24, 2.45) is 0 Å². The summed E-state index contributed by atoms with van der Waals surface area (Å²) in [7, 11) is 2.06. The second-order valence-corrected chi connectivity index (χ2v) is 11.6. The van der Waals surface area contributed by atoms with Crippen molar-refractivity contribution >= 4 is 53.6 Å². The van der Waals surface area contributed by atoms with Gasteiger partial charge in [0.25, 0.3) is 17.7 Å². The van der Waals surface area contributed by atoms with Crippen LogP contribution in [0.3, 0.4) is 0 Å². The first-order valence-electron chi connectivity index (χ1n) is 15.3. The molecule has 6 nitrogen and oxygen atoms in total. The second kappa shape index (κ2) is 15.7. The highest BCUT2D eigenvalue weighted by Crippen LogP contribution is 2.43. The van der Waals surface area contributed by atoms with E-state index in [-0.39, 0.29) is 48.7 Å². The fourth-order valence-corrected chi connectivity index (χ4v) is 5.96. The third kappa shape index (κ3) is 8.08. The summed E-state index contributed by atoms with van der Waals surface area (Å²) in [6.45, 7) is 3.78. The average molecular weight is 680 g/mol. The van der Waals surface area contributed by atoms with Crippen LogP contribution in [0.4, 0.5) is 20.2 Å². The van der Waals surface area contributed by atoms with Gasteiger partial charge in [-0.05, 0) is 54.6 Å². The van der Waals surface area contributed by atoms with Crippen LogP contribution in [-0.4, -0.2) is 73.9 Å². The Morgan fingerprint density at radius 3 is 2.09 bits per heavy atom. The molecule has 0 atom stereocenters. The highest BCUT2D eigenvalue weighted by Gasteiger charge is 2.41. The van der Waals surface area contributed by atoms with Crippen molar-refractivity contribution in [3.05, 3.63) is 126 Å². The van der Waals surface area contributed by atoms with E-state index < -0.39 is 12.3 Å². The fraction of sp³-hybridized carbons (Fsp3) is 0.243. The molecule has 0 unspecified atom stereocenters. The van der Waals surface area contributed by atoms with Crippen molar-refractivity contribution in [1.29, 1.82) is 0 Å². The van der Waals surface area contributed by atoms with Gasteiger partial charge in [0.15, 0.2) is 0 Å². The van der Waals surface area contributed by atoms with Crippen molar-refractivity contribution in [3.8, 4) is 11.1 Å². The Balaban J connectivity index is 0.00000250. The van der Waals surface area contributed by atoms with Crippen LogP contribution in [0, 0.1) is 0 Å². The van der Waals surface area contributed by atoms with Gasteiger partial charge in [-0.1, -0.05) is 72.8 Å². The molecule has 1 N–H and O–H groups in total. The van der Waals surface area contributed by atoms with Gasteiger partial charge in [0.2, 0.25) is 0 Å². The Morgan fingerprint density at radius 1 is 0.766 bits per heavy atom. The summed E-state index contributed by atoms with van der Waals surface area (Å²) in [5.74, 6) is -3.72. The summed E-state index contributed by atoms with van der Waals surface area (Å²) < 4.78 is 31.3. The Labute approximate surface area is 286 Å². The van der Waals surface area contributed by atoms with Crippen LogP contribution in [0.5, 0.6) is 0 Å². The molecule has 2 amide bonds. The number of fused-ring (bicyclic) bond motifs is 1. The highest BCUT2D eigenvalue weighted by molar-refractivity contribution is 6.10. The van der Waals surface area contributed by atoms with Crippen molar-refractivity contribution in [3.63, 3.8) is 0 Å². The van der Waals surface area contributed by atoms with E-state index in [1.165, 1.54) is 4.90 Å². The van der Waals surface area contributed by atoms with Gasteiger partial charge >= 0.3 is 0 Å². The molecular formula is C37H38Cl2F2N4O2. The molecule has 2 heterocycles. The maximum atomic E-state index is 15.6. The largest absolute Gasteiger partial charge is 0.322 e. The maximum Gasteiger partial charge on any atom is 0.275 e. The van der Waals surface area contributed by atoms with Crippen molar-refractivity contribution in [2.45, 2.75) is 12.3 Å². The molecule has 10 heteroatoms. The molecule has 6 rings (SSSR count). The predicted octanol–water partition coefficient (Wildman–Crippen LogP) is 7.77. The zero-order valence-corrected chi connectivity index (χ0v) is 27.7. The molecule has 0 aliphatic carbocycles. The van der Waals surface area contributed by atoms with Crippen LogP contribution in [0.1, 0.15) is 32.7 Å². The first kappa shape index (κ1) is 35.8. The number of halogens is 4. The molecule has 47 heavy (non-hydrogen) atoms. The molecule has 0 saturated carbocycles. The lowest BCUT2D eigenvalue weighted by atomic mass is 9.97. The highest BCUT2D eigenvalue weighted by atomic mass is 35.5. The molecule has 4 aromatic rings. The van der Waals surface area contributed by atoms with Gasteiger partial charge in [-0.3, -0.25) is 14.5 Å². The van der Waals surface area contributed by atoms with E-state index in [1.54, 1.807) is 60.7 Å². The van der Waals surface area contributed by atoms with Crippen LogP contribution < -0.4 is 10.2 Å². The van der Waals surface area contributed by atoms with E-state index in [0.717, 1.165) is 37.3 Å². The number of carbonyl (C=O) groups excluding carboxylic acids is 2. The normalized spacial score (nSPS) is 17.1. The Morgan fingerprint density at radius 2 is 1.38 bits per heavy atom. The van der Waals surface area contributed by atoms with Gasteiger partial charge in [-0.2, -0.15) is 0 Å². The number of anilines is 2. The van der Waals surface area contributed by atoms with Crippen molar-refractivity contribution in [1.82, 2.24) is 9.80 Å². The fourth-order valence-electron chi connectivity index (χ4n) is 5.96. The van der Waals surface area contributed by atoms with E-state index in [9.17, 15) is 9.59 Å². The Bertz CT molecular complexity index is 1710. The standard InChI is InChI=1S/C37H36F2N4O2.2ClH/c1-41-23-25-42(26-24-41)21-19-33-32-13-7-8-14-34(32)43(22-20-37(33,38)39)36(45)28-15-17-29(18-16-28)40-35(44)31-12-6-5-11-30(31)27-9-3-2-4-10-27;;/h2-19H,20-26H2,1H3,(H,40,44);2*1H. The zero-order valence-electron chi connectivity index (χ0n) is 26.1. The number of allylic oxidation sites excluding steroid dienone is 1. The lowest BCUT2D eigenvalue weighted by Crippen LogP contribution is -2.44. The summed E-state index contributed by atoms with van der Waals surface area (Å²) in [4.78, 5) is 32.9. The van der Waals surface area contributed by atoms with Crippen LogP contribution in [0.2, 0.25) is 0 Å². The molecule has 246 valence electrons. The molecule has 4 aromatic carbocycles. The molecular weight excluding hydrogens is 641 g/mol. The van der Waals surface area contributed by atoms with Gasteiger partial charge in [-0.25, -0.2) is 8.78 Å². The van der Waals surface area contributed by atoms with Gasteiger partial charge < -0.3 is 15.1 Å². The number of hydrogen-bond acceptors (Lipinski definition) is 4. The topological polar surface area (TPSA) is 55.9 Å². The van der Waals surface area contributed by atoms with Crippen LogP contribution in [0.25, 0.3) is 16.7 Å². The third-order valence-corrected chi connectivity index (χ3v) is 8.57. The van der Waals surface area contributed by atoms with Gasteiger partial charge in [-0.15, -0.1) is 24.8 Å². The lowest BCUT2D eigenvalue weighted by molar-refractivity contribution is 0.0596. The quantitative estimate of drug-likeness (QED) is 0.226. The number of nitrogens with zero attached hydrogens (tertiary/aromatic N) is 3. The number of carbonyl (C=O) groups is 2. The first-order chi connectivity index (χ1) is 21.8. The van der Waals surface area contributed by atoms with Crippen LogP contribution in [0.15, 0.2) is 109 Å². The molecule has 1 saturated heterocycles. The molecule has 2 aliphatic rings. The Hall–Kier alpha value is -4.08. The minimum Gasteiger partial charge on any atom is -0.322 e. The van der Waals surface area contributed by atoms with Crippen molar-refractivity contribution in [2.75, 3.05) is 56.5 Å². The molecule has 0 bridgehead atoms. The predicted molar refractivity (Wildman–Crippen MR) is 190 cm³/mol. The lowest BCUT2D eigenvalue weighted by Gasteiger charge is -2.32. The summed E-state index contributed by atoms with van der Waals surface area (Å²) >= 11 is 0. The van der Waals surface area contributed by atoms with Gasteiger partial charge in [0.05, 0.1) is 5.69 Å². The van der Waals surface area contributed by atoms with Crippen molar-refractivity contribution < 1.29 is 18.4 Å². The monoisotopic (exact) mass is 678 g/mol. The number of alkyl halides is 2. The number of nitrogens with one attached hydrogen (secondary N) is 1. The molecule has 0 aromatic heterocycles. The molecule has 1 fully saturated rings. The summed E-state index contributed by atoms with van der Waals surface area (Å²) in [6, 6.07) is 30.6. The third-order valence-electron chi connectivity index (χ3n) is 8.57. The minimum absolute atomic E-state index is 0. The van der Waals surface area contributed by atoms with Crippen LogP contribution in [-0.2, 0) is 0 Å². The van der Waals surface area contributed by atoms with Gasteiger partial charge in [0, 0.05) is 73.6 Å². The number of benzene rings is 4. The Kier molecular flexibility index (Phi) is 11.9. The van der Waals surface area contributed by atoms with E-state index in [1.807, 2.05) is 48.5 Å². The summed E-state index contributed by atoms with van der Waals surface area (Å²) in [6.07, 6.45) is 1.17. The van der Waals surface area contributed by atoms with E-state index >= 15 is 8.78 Å². The smallest absolute Gasteiger partial charge is 0.275 e. The number of likely N-dealkylation sites (N-methyl/N-ethyl adjacent to an activating group) is 1. The molecule has 0 spiro atoms. The maximum absolute atomic E-state index is 15.6. The van der Waals surface area contributed by atoms with Crippen LogP contribution >= 0.6 is 24.8 Å².